The molecule has 2 aromatic carbocycles. The van der Waals surface area contributed by atoms with Crippen molar-refractivity contribution >= 4 is 17.4 Å². The lowest BCUT2D eigenvalue weighted by Crippen LogP contribution is -2.23. The zero-order valence-corrected chi connectivity index (χ0v) is 18.0. The van der Waals surface area contributed by atoms with Crippen molar-refractivity contribution in [1.82, 2.24) is 19.2 Å². The third-order valence-corrected chi connectivity index (χ3v) is 4.83. The Morgan fingerprint density at radius 1 is 1.12 bits per heavy atom. The molecule has 0 saturated carbocycles. The fraction of sp³-hybridized carbons (Fsp3) is 0.217. The van der Waals surface area contributed by atoms with Crippen LogP contribution in [0.5, 0.6) is 11.5 Å². The van der Waals surface area contributed by atoms with Gasteiger partial charge in [-0.1, -0.05) is 18.2 Å². The minimum absolute atomic E-state index is 0.0479. The van der Waals surface area contributed by atoms with E-state index in [4.69, 9.17) is 9.47 Å². The molecule has 164 valence electrons. The highest BCUT2D eigenvalue weighted by atomic mass is 16.5. The van der Waals surface area contributed by atoms with Crippen LogP contribution in [0.1, 0.15) is 35.9 Å². The lowest BCUT2D eigenvalue weighted by Gasteiger charge is -2.13. The first-order valence-electron chi connectivity index (χ1n) is 10.1. The quantitative estimate of drug-likeness (QED) is 0.480. The van der Waals surface area contributed by atoms with Gasteiger partial charge in [-0.25, -0.2) is 4.98 Å². The molecule has 9 heteroatoms. The van der Waals surface area contributed by atoms with Crippen molar-refractivity contribution in [3.63, 3.8) is 0 Å². The van der Waals surface area contributed by atoms with Crippen LogP contribution in [-0.2, 0) is 6.61 Å². The Morgan fingerprint density at radius 2 is 1.94 bits per heavy atom. The van der Waals surface area contributed by atoms with Gasteiger partial charge in [-0.3, -0.25) is 14.3 Å². The lowest BCUT2D eigenvalue weighted by atomic mass is 10.2. The number of carbonyl (C=O) groups is 1. The summed E-state index contributed by atoms with van der Waals surface area (Å²) < 4.78 is 14.2. The highest BCUT2D eigenvalue weighted by Gasteiger charge is 2.13. The van der Waals surface area contributed by atoms with Crippen LogP contribution < -0.4 is 20.3 Å². The molecule has 0 bridgehead atoms. The molecule has 2 heterocycles. The zero-order chi connectivity index (χ0) is 22.7. The average Bonchev–Trinajstić information content (AvgIpc) is 3.23. The number of benzene rings is 2. The standard InChI is InChI=1S/C23H23N5O4/c1-15(2)27-14-24-23-25-17(12-21(29)28(23)27)13-32-20-10-5-4-9-19(20)26-22(30)16-7-6-8-18(11-16)31-3/h4-12,14-15H,13H2,1-3H3,(H,26,30). The van der Waals surface area contributed by atoms with E-state index in [2.05, 4.69) is 15.3 Å². The van der Waals surface area contributed by atoms with Crippen LogP contribution in [0, 0.1) is 0 Å². The fourth-order valence-electron chi connectivity index (χ4n) is 3.22. The van der Waals surface area contributed by atoms with Gasteiger partial charge in [0.15, 0.2) is 0 Å². The van der Waals surface area contributed by atoms with Crippen molar-refractivity contribution in [1.29, 1.82) is 0 Å². The molecule has 0 aliphatic heterocycles. The van der Waals surface area contributed by atoms with E-state index in [1.54, 1.807) is 66.6 Å². The predicted molar refractivity (Wildman–Crippen MR) is 119 cm³/mol. The van der Waals surface area contributed by atoms with Gasteiger partial charge in [0, 0.05) is 17.7 Å². The summed E-state index contributed by atoms with van der Waals surface area (Å²) in [5, 5.41) is 2.85. The number of fused-ring (bicyclic) bond motifs is 1. The number of hydrogen-bond donors (Lipinski definition) is 1. The normalized spacial score (nSPS) is 11.0. The van der Waals surface area contributed by atoms with Crippen molar-refractivity contribution in [2.45, 2.75) is 26.5 Å². The number of nitrogens with one attached hydrogen (secondary N) is 1. The highest BCUT2D eigenvalue weighted by molar-refractivity contribution is 6.05. The molecule has 0 aliphatic carbocycles. The molecule has 32 heavy (non-hydrogen) atoms. The number of hydrogen-bond acceptors (Lipinski definition) is 6. The van der Waals surface area contributed by atoms with Gasteiger partial charge in [0.25, 0.3) is 17.2 Å². The maximum Gasteiger partial charge on any atom is 0.274 e. The second-order valence-corrected chi connectivity index (χ2v) is 7.39. The molecule has 0 unspecified atom stereocenters. The van der Waals surface area contributed by atoms with E-state index >= 15 is 0 Å². The predicted octanol–water partition coefficient (Wildman–Crippen LogP) is 3.31. The van der Waals surface area contributed by atoms with Gasteiger partial charge in [-0.05, 0) is 44.2 Å². The SMILES string of the molecule is COc1cccc(C(=O)Nc2ccccc2OCc2cc(=O)n3c(ncn3C(C)C)n2)c1. The van der Waals surface area contributed by atoms with Crippen molar-refractivity contribution in [3.8, 4) is 11.5 Å². The molecule has 2 aromatic heterocycles. The molecule has 0 atom stereocenters. The number of carbonyl (C=O) groups excluding carboxylic acids is 1. The topological polar surface area (TPSA) is 99.7 Å². The van der Waals surface area contributed by atoms with Gasteiger partial charge < -0.3 is 14.8 Å². The van der Waals surface area contributed by atoms with E-state index in [1.807, 2.05) is 13.8 Å². The molecule has 0 spiro atoms. The van der Waals surface area contributed by atoms with Crippen LogP contribution in [0.25, 0.3) is 5.78 Å². The summed E-state index contributed by atoms with van der Waals surface area (Å²) in [7, 11) is 1.55. The Hall–Kier alpha value is -4.14. The van der Waals surface area contributed by atoms with Gasteiger partial charge in [0.2, 0.25) is 0 Å². The Bertz CT molecular complexity index is 1330. The summed E-state index contributed by atoms with van der Waals surface area (Å²) in [6.07, 6.45) is 1.59. The first-order chi connectivity index (χ1) is 15.5. The van der Waals surface area contributed by atoms with E-state index in [-0.39, 0.29) is 24.1 Å². The monoisotopic (exact) mass is 433 g/mol. The zero-order valence-electron chi connectivity index (χ0n) is 18.0. The van der Waals surface area contributed by atoms with Gasteiger partial charge in [-0.2, -0.15) is 9.50 Å². The molecule has 9 nitrogen and oxygen atoms in total. The molecule has 0 radical (unpaired) electrons. The number of ether oxygens (including phenoxy) is 2. The fourth-order valence-corrected chi connectivity index (χ4v) is 3.22. The van der Waals surface area contributed by atoms with Gasteiger partial charge >= 0.3 is 0 Å². The van der Waals surface area contributed by atoms with Crippen LogP contribution in [-0.4, -0.2) is 32.2 Å². The number of rotatable bonds is 7. The molecule has 1 N–H and O–H groups in total. The van der Waals surface area contributed by atoms with Crippen molar-refractivity contribution in [3.05, 3.63) is 82.5 Å². The molecule has 0 aliphatic rings. The van der Waals surface area contributed by atoms with E-state index in [0.29, 0.717) is 34.2 Å². The number of nitrogens with zero attached hydrogens (tertiary/aromatic N) is 4. The van der Waals surface area contributed by atoms with Gasteiger partial charge in [0.05, 0.1) is 18.5 Å². The third-order valence-electron chi connectivity index (χ3n) is 4.83. The second kappa shape index (κ2) is 8.93. The van der Waals surface area contributed by atoms with Gasteiger partial charge in [-0.15, -0.1) is 0 Å². The number of amides is 1. The summed E-state index contributed by atoms with van der Waals surface area (Å²) in [6.45, 7) is 3.97. The van der Waals surface area contributed by atoms with E-state index in [9.17, 15) is 9.59 Å². The average molecular weight is 433 g/mol. The maximum atomic E-state index is 12.7. The van der Waals surface area contributed by atoms with Gasteiger partial charge in [0.1, 0.15) is 24.4 Å². The lowest BCUT2D eigenvalue weighted by molar-refractivity contribution is 0.102. The Labute approximate surface area is 184 Å². The molecule has 0 fully saturated rings. The molecular weight excluding hydrogens is 410 g/mol. The van der Waals surface area contributed by atoms with Crippen molar-refractivity contribution in [2.24, 2.45) is 0 Å². The Kier molecular flexibility index (Phi) is 5.89. The molecule has 4 rings (SSSR count). The van der Waals surface area contributed by atoms with Crippen molar-refractivity contribution < 1.29 is 14.3 Å². The number of anilines is 1. The summed E-state index contributed by atoms with van der Waals surface area (Å²) >= 11 is 0. The largest absolute Gasteiger partial charge is 0.497 e. The summed E-state index contributed by atoms with van der Waals surface area (Å²) in [4.78, 5) is 33.9. The number of methoxy groups -OCH3 is 1. The number of aromatic nitrogens is 4. The summed E-state index contributed by atoms with van der Waals surface area (Å²) in [5.41, 5.74) is 1.17. The van der Waals surface area contributed by atoms with Crippen LogP contribution in [0.3, 0.4) is 0 Å². The minimum Gasteiger partial charge on any atom is -0.497 e. The molecular formula is C23H23N5O4. The third kappa shape index (κ3) is 4.31. The van der Waals surface area contributed by atoms with Crippen LogP contribution in [0.15, 0.2) is 65.7 Å². The summed E-state index contributed by atoms with van der Waals surface area (Å²) in [6, 6.07) is 15.4. The maximum absolute atomic E-state index is 12.7. The second-order valence-electron chi connectivity index (χ2n) is 7.39. The minimum atomic E-state index is -0.294. The van der Waals surface area contributed by atoms with Crippen LogP contribution >= 0.6 is 0 Å². The van der Waals surface area contributed by atoms with Crippen LogP contribution in [0.4, 0.5) is 5.69 Å². The summed E-state index contributed by atoms with van der Waals surface area (Å²) in [5.74, 6) is 1.06. The first-order valence-corrected chi connectivity index (χ1v) is 10.1. The van der Waals surface area contributed by atoms with Crippen molar-refractivity contribution in [2.75, 3.05) is 12.4 Å². The van der Waals surface area contributed by atoms with E-state index < -0.39 is 0 Å². The Morgan fingerprint density at radius 3 is 2.72 bits per heavy atom. The molecule has 4 aromatic rings. The smallest absolute Gasteiger partial charge is 0.274 e. The number of para-hydroxylation sites is 2. The molecule has 0 saturated heterocycles. The molecule has 1 amide bonds. The Balaban J connectivity index is 1.52. The van der Waals surface area contributed by atoms with Crippen LogP contribution in [0.2, 0.25) is 0 Å². The van der Waals surface area contributed by atoms with E-state index in [0.717, 1.165) is 0 Å². The van der Waals surface area contributed by atoms with E-state index in [1.165, 1.54) is 10.6 Å². The highest BCUT2D eigenvalue weighted by Crippen LogP contribution is 2.25. The first kappa shape index (κ1) is 21.1.